The summed E-state index contributed by atoms with van der Waals surface area (Å²) in [5.74, 6) is -1.16. The third-order valence-electron chi connectivity index (χ3n) is 2.64. The molecule has 0 aromatic heterocycles. The standard InChI is InChI=1S/C13H15F4NO/c1-8(2)18(7-13(15,16)17)12-5-4-10(9(3)19)6-11(12)14/h4-6,8H,7H2,1-3H3. The molecule has 2 nitrogen and oxygen atoms in total. The Labute approximate surface area is 109 Å². The molecular weight excluding hydrogens is 262 g/mol. The highest BCUT2D eigenvalue weighted by atomic mass is 19.4. The van der Waals surface area contributed by atoms with E-state index in [1.165, 1.54) is 19.1 Å². The van der Waals surface area contributed by atoms with Gasteiger partial charge in [0.1, 0.15) is 12.4 Å². The lowest BCUT2D eigenvalue weighted by atomic mass is 10.1. The van der Waals surface area contributed by atoms with E-state index >= 15 is 0 Å². The molecule has 0 radical (unpaired) electrons. The summed E-state index contributed by atoms with van der Waals surface area (Å²) in [5, 5.41) is 0. The Morgan fingerprint density at radius 3 is 2.26 bits per heavy atom. The van der Waals surface area contributed by atoms with Gasteiger partial charge in [0.05, 0.1) is 5.69 Å². The molecule has 0 aliphatic rings. The van der Waals surface area contributed by atoms with E-state index in [0.29, 0.717) is 0 Å². The van der Waals surface area contributed by atoms with Crippen molar-refractivity contribution in [3.05, 3.63) is 29.6 Å². The molecular formula is C13H15F4NO. The molecule has 1 aromatic rings. The first-order valence-corrected chi connectivity index (χ1v) is 5.75. The Hall–Kier alpha value is -1.59. The monoisotopic (exact) mass is 277 g/mol. The van der Waals surface area contributed by atoms with Crippen LogP contribution in [-0.4, -0.2) is 24.5 Å². The molecule has 0 unspecified atom stereocenters. The van der Waals surface area contributed by atoms with E-state index in [2.05, 4.69) is 0 Å². The summed E-state index contributed by atoms with van der Waals surface area (Å²) in [7, 11) is 0. The number of Topliss-reactive ketones (excluding diaryl/α,β-unsaturated/α-hetero) is 1. The molecule has 1 aromatic carbocycles. The lowest BCUT2D eigenvalue weighted by Gasteiger charge is -2.30. The van der Waals surface area contributed by atoms with Crippen LogP contribution < -0.4 is 4.90 Å². The van der Waals surface area contributed by atoms with Gasteiger partial charge in [-0.05, 0) is 39.0 Å². The molecule has 6 heteroatoms. The summed E-state index contributed by atoms with van der Waals surface area (Å²) < 4.78 is 51.3. The van der Waals surface area contributed by atoms with Crippen LogP contribution in [0.1, 0.15) is 31.1 Å². The highest BCUT2D eigenvalue weighted by Crippen LogP contribution is 2.27. The summed E-state index contributed by atoms with van der Waals surface area (Å²) in [6.07, 6.45) is -4.42. The zero-order chi connectivity index (χ0) is 14.8. The number of hydrogen-bond acceptors (Lipinski definition) is 2. The molecule has 106 valence electrons. The van der Waals surface area contributed by atoms with E-state index in [-0.39, 0.29) is 17.0 Å². The van der Waals surface area contributed by atoms with Gasteiger partial charge < -0.3 is 4.90 Å². The van der Waals surface area contributed by atoms with Gasteiger partial charge in [-0.15, -0.1) is 0 Å². The summed E-state index contributed by atoms with van der Waals surface area (Å²) in [5.41, 5.74) is -0.0192. The molecule has 0 fully saturated rings. The van der Waals surface area contributed by atoms with Gasteiger partial charge >= 0.3 is 6.18 Å². The highest BCUT2D eigenvalue weighted by molar-refractivity contribution is 5.94. The van der Waals surface area contributed by atoms with Crippen LogP contribution in [0.15, 0.2) is 18.2 Å². The molecule has 0 spiro atoms. The molecule has 0 atom stereocenters. The largest absolute Gasteiger partial charge is 0.405 e. The van der Waals surface area contributed by atoms with Gasteiger partial charge in [0, 0.05) is 11.6 Å². The van der Waals surface area contributed by atoms with Crippen LogP contribution >= 0.6 is 0 Å². The van der Waals surface area contributed by atoms with Crippen molar-refractivity contribution < 1.29 is 22.4 Å². The number of carbonyl (C=O) groups excluding carboxylic acids is 1. The van der Waals surface area contributed by atoms with Crippen LogP contribution in [0, 0.1) is 5.82 Å². The SMILES string of the molecule is CC(=O)c1ccc(N(CC(F)(F)F)C(C)C)c(F)c1. The predicted molar refractivity (Wildman–Crippen MR) is 64.9 cm³/mol. The van der Waals surface area contributed by atoms with E-state index in [9.17, 15) is 22.4 Å². The molecule has 0 N–H and O–H groups in total. The molecule has 0 heterocycles. The summed E-state index contributed by atoms with van der Waals surface area (Å²) in [6.45, 7) is 3.12. The predicted octanol–water partition coefficient (Wildman–Crippen LogP) is 3.81. The Morgan fingerprint density at radius 1 is 1.32 bits per heavy atom. The fraction of sp³-hybridized carbons (Fsp3) is 0.462. The molecule has 1 rings (SSSR count). The second-order valence-corrected chi connectivity index (χ2v) is 4.56. The van der Waals surface area contributed by atoms with Crippen LogP contribution in [0.2, 0.25) is 0 Å². The van der Waals surface area contributed by atoms with E-state index in [1.54, 1.807) is 13.8 Å². The van der Waals surface area contributed by atoms with E-state index < -0.39 is 24.6 Å². The molecule has 0 aliphatic heterocycles. The number of nitrogens with zero attached hydrogens (tertiary/aromatic N) is 1. The number of ketones is 1. The average molecular weight is 277 g/mol. The molecule has 0 amide bonds. The fourth-order valence-electron chi connectivity index (χ4n) is 1.70. The molecule has 0 bridgehead atoms. The number of anilines is 1. The van der Waals surface area contributed by atoms with Crippen molar-refractivity contribution in [2.24, 2.45) is 0 Å². The first-order chi connectivity index (χ1) is 8.61. The third kappa shape index (κ3) is 4.22. The fourth-order valence-corrected chi connectivity index (χ4v) is 1.70. The normalized spacial score (nSPS) is 11.8. The molecule has 19 heavy (non-hydrogen) atoms. The first-order valence-electron chi connectivity index (χ1n) is 5.75. The number of alkyl halides is 3. The first kappa shape index (κ1) is 15.5. The Morgan fingerprint density at radius 2 is 1.89 bits per heavy atom. The maximum Gasteiger partial charge on any atom is 0.405 e. The van der Waals surface area contributed by atoms with Crippen molar-refractivity contribution in [3.63, 3.8) is 0 Å². The van der Waals surface area contributed by atoms with Gasteiger partial charge in [-0.3, -0.25) is 4.79 Å². The summed E-state index contributed by atoms with van der Waals surface area (Å²) >= 11 is 0. The van der Waals surface area contributed by atoms with Gasteiger partial charge in [-0.25, -0.2) is 4.39 Å². The van der Waals surface area contributed by atoms with E-state index in [4.69, 9.17) is 0 Å². The molecule has 0 saturated carbocycles. The lowest BCUT2D eigenvalue weighted by Crippen LogP contribution is -2.39. The zero-order valence-corrected chi connectivity index (χ0v) is 10.9. The van der Waals surface area contributed by atoms with Crippen molar-refractivity contribution in [2.45, 2.75) is 33.0 Å². The van der Waals surface area contributed by atoms with Crippen LogP contribution in [0.4, 0.5) is 23.2 Å². The molecule has 0 saturated heterocycles. The van der Waals surface area contributed by atoms with E-state index in [0.717, 1.165) is 11.0 Å². The number of halogens is 4. The smallest absolute Gasteiger partial charge is 0.358 e. The van der Waals surface area contributed by atoms with Crippen molar-refractivity contribution in [2.75, 3.05) is 11.4 Å². The van der Waals surface area contributed by atoms with Gasteiger partial charge in [0.25, 0.3) is 0 Å². The Kier molecular flexibility index (Phi) is 4.55. The second kappa shape index (κ2) is 5.59. The highest BCUT2D eigenvalue weighted by Gasteiger charge is 2.33. The second-order valence-electron chi connectivity index (χ2n) is 4.56. The zero-order valence-electron chi connectivity index (χ0n) is 10.9. The van der Waals surface area contributed by atoms with Crippen molar-refractivity contribution >= 4 is 11.5 Å². The third-order valence-corrected chi connectivity index (χ3v) is 2.64. The van der Waals surface area contributed by atoms with Crippen LogP contribution in [0.25, 0.3) is 0 Å². The average Bonchev–Trinajstić information content (AvgIpc) is 2.24. The Bertz CT molecular complexity index is 468. The van der Waals surface area contributed by atoms with Crippen molar-refractivity contribution in [3.8, 4) is 0 Å². The van der Waals surface area contributed by atoms with Crippen LogP contribution in [0.3, 0.4) is 0 Å². The number of carbonyl (C=O) groups is 1. The van der Waals surface area contributed by atoms with Gasteiger partial charge in [0.15, 0.2) is 5.78 Å². The number of rotatable bonds is 4. The molecule has 0 aliphatic carbocycles. The van der Waals surface area contributed by atoms with Gasteiger partial charge in [0.2, 0.25) is 0 Å². The minimum absolute atomic E-state index is 0.136. The van der Waals surface area contributed by atoms with Crippen molar-refractivity contribution in [1.29, 1.82) is 0 Å². The quantitative estimate of drug-likeness (QED) is 0.616. The minimum atomic E-state index is -4.42. The summed E-state index contributed by atoms with van der Waals surface area (Å²) in [6, 6.07) is 2.98. The van der Waals surface area contributed by atoms with E-state index in [1.807, 2.05) is 0 Å². The van der Waals surface area contributed by atoms with Crippen LogP contribution in [0.5, 0.6) is 0 Å². The maximum absolute atomic E-state index is 13.8. The van der Waals surface area contributed by atoms with Crippen molar-refractivity contribution in [1.82, 2.24) is 0 Å². The maximum atomic E-state index is 13.8. The number of benzene rings is 1. The topological polar surface area (TPSA) is 20.3 Å². The Balaban J connectivity index is 3.14. The lowest BCUT2D eigenvalue weighted by molar-refractivity contribution is -0.120. The summed E-state index contributed by atoms with van der Waals surface area (Å²) in [4.78, 5) is 12.0. The van der Waals surface area contributed by atoms with Gasteiger partial charge in [-0.1, -0.05) is 0 Å². The minimum Gasteiger partial charge on any atom is -0.358 e. The van der Waals surface area contributed by atoms with Crippen LogP contribution in [-0.2, 0) is 0 Å². The van der Waals surface area contributed by atoms with Gasteiger partial charge in [-0.2, -0.15) is 13.2 Å². The number of hydrogen-bond donors (Lipinski definition) is 0.